The van der Waals surface area contributed by atoms with Gasteiger partial charge in [-0.05, 0) is 57.4 Å². The third-order valence-electron chi connectivity index (χ3n) is 7.89. The van der Waals surface area contributed by atoms with Crippen LogP contribution in [-0.2, 0) is 9.53 Å². The van der Waals surface area contributed by atoms with E-state index in [1.165, 1.54) is 0 Å². The van der Waals surface area contributed by atoms with Crippen LogP contribution in [0.15, 0.2) is 53.2 Å². The van der Waals surface area contributed by atoms with Gasteiger partial charge in [-0.2, -0.15) is 0 Å². The Labute approximate surface area is 243 Å². The maximum absolute atomic E-state index is 13.2. The molecule has 0 bridgehead atoms. The van der Waals surface area contributed by atoms with Gasteiger partial charge < -0.3 is 25.2 Å². The van der Waals surface area contributed by atoms with E-state index in [4.69, 9.17) is 9.73 Å². The van der Waals surface area contributed by atoms with Crippen LogP contribution in [0.5, 0.6) is 0 Å². The van der Waals surface area contributed by atoms with Crippen LogP contribution < -0.4 is 15.5 Å². The highest BCUT2D eigenvalue weighted by Gasteiger charge is 2.46. The van der Waals surface area contributed by atoms with E-state index in [9.17, 15) is 9.59 Å². The zero-order valence-corrected chi connectivity index (χ0v) is 24.8. The molecular weight excluding hydrogens is 520 g/mol. The van der Waals surface area contributed by atoms with Crippen LogP contribution in [0.2, 0.25) is 0 Å². The van der Waals surface area contributed by atoms with E-state index in [2.05, 4.69) is 38.7 Å². The zero-order valence-electron chi connectivity index (χ0n) is 24.8. The van der Waals surface area contributed by atoms with E-state index in [-0.39, 0.29) is 30.1 Å². The van der Waals surface area contributed by atoms with Crippen LogP contribution in [0.1, 0.15) is 52.4 Å². The minimum absolute atomic E-state index is 0.0240. The van der Waals surface area contributed by atoms with Crippen molar-refractivity contribution in [3.63, 3.8) is 0 Å². The molecule has 3 unspecified atom stereocenters. The Morgan fingerprint density at radius 2 is 1.95 bits per heavy atom. The number of hydrogen-bond acceptors (Lipinski definition) is 9. The topological polar surface area (TPSA) is 115 Å². The van der Waals surface area contributed by atoms with E-state index in [0.29, 0.717) is 36.3 Å². The molecule has 1 saturated carbocycles. The molecule has 1 aliphatic carbocycles. The first-order chi connectivity index (χ1) is 19.7. The molecular formula is C30H44N8O3. The number of carbonyl (C=O) groups is 2. The third-order valence-corrected chi connectivity index (χ3v) is 7.89. The largest absolute Gasteiger partial charge is 0.439 e. The Balaban J connectivity index is 0.00000189. The Kier molecular flexibility index (Phi) is 9.80. The molecule has 5 rings (SSSR count). The van der Waals surface area contributed by atoms with Crippen LogP contribution in [0.3, 0.4) is 0 Å². The molecule has 41 heavy (non-hydrogen) atoms. The molecule has 11 nitrogen and oxygen atoms in total. The van der Waals surface area contributed by atoms with Gasteiger partial charge in [0.05, 0.1) is 18.4 Å². The summed E-state index contributed by atoms with van der Waals surface area (Å²) in [4.78, 5) is 45.4. The summed E-state index contributed by atoms with van der Waals surface area (Å²) in [5.74, 6) is 0.907. The van der Waals surface area contributed by atoms with E-state index in [1.807, 2.05) is 32.1 Å². The number of aliphatic imine (C=N–C) groups is 2. The van der Waals surface area contributed by atoms with Crippen molar-refractivity contribution in [1.29, 1.82) is 0 Å². The monoisotopic (exact) mass is 564 g/mol. The molecule has 4 aliphatic rings. The second-order valence-electron chi connectivity index (χ2n) is 11.3. The van der Waals surface area contributed by atoms with Gasteiger partial charge in [0.1, 0.15) is 23.3 Å². The molecule has 3 aliphatic heterocycles. The second-order valence-corrected chi connectivity index (χ2v) is 11.3. The molecule has 11 heteroatoms. The first kappa shape index (κ1) is 30.2. The van der Waals surface area contributed by atoms with Gasteiger partial charge in [0, 0.05) is 38.8 Å². The van der Waals surface area contributed by atoms with Gasteiger partial charge in [-0.1, -0.05) is 19.8 Å². The number of likely N-dealkylation sites (N-methyl/N-ethyl adjacent to an activating group) is 1. The Hall–Kier alpha value is -3.73. The highest BCUT2D eigenvalue weighted by Crippen LogP contribution is 2.33. The SMILES string of the molecule is C=C.CC1/C=N\C(Nc2ccc(N3CC4(CCCNC4)OC3=O)cn2)=N/C(C)N(C2CCCC2)/C(C(=O)N(C)C)=C\1. The van der Waals surface area contributed by atoms with Crippen molar-refractivity contribution in [2.75, 3.05) is 43.9 Å². The summed E-state index contributed by atoms with van der Waals surface area (Å²) in [6, 6.07) is 3.93. The van der Waals surface area contributed by atoms with Crippen LogP contribution in [0, 0.1) is 5.92 Å². The number of allylic oxidation sites excluding steroid dienone is 1. The molecule has 3 atom stereocenters. The predicted molar refractivity (Wildman–Crippen MR) is 163 cm³/mol. The number of aromatic nitrogens is 1. The van der Waals surface area contributed by atoms with Gasteiger partial charge in [0.25, 0.3) is 5.91 Å². The van der Waals surface area contributed by atoms with Gasteiger partial charge in [0.2, 0.25) is 5.96 Å². The number of piperidine rings is 1. The predicted octanol–water partition coefficient (Wildman–Crippen LogP) is 4.01. The van der Waals surface area contributed by atoms with Gasteiger partial charge in [-0.15, -0.1) is 13.2 Å². The maximum Gasteiger partial charge on any atom is 0.415 e. The minimum atomic E-state index is -0.466. The van der Waals surface area contributed by atoms with E-state index in [0.717, 1.165) is 45.1 Å². The summed E-state index contributed by atoms with van der Waals surface area (Å²) >= 11 is 0. The van der Waals surface area contributed by atoms with Crippen molar-refractivity contribution in [2.45, 2.75) is 70.2 Å². The lowest BCUT2D eigenvalue weighted by Crippen LogP contribution is -2.48. The number of rotatable bonds is 4. The number of nitrogens with zero attached hydrogens (tertiary/aromatic N) is 6. The molecule has 4 heterocycles. The highest BCUT2D eigenvalue weighted by molar-refractivity contribution is 5.99. The molecule has 0 aromatic carbocycles. The van der Waals surface area contributed by atoms with Gasteiger partial charge in [-0.3, -0.25) is 9.69 Å². The number of amides is 2. The molecule has 2 amide bonds. The first-order valence-electron chi connectivity index (χ1n) is 14.5. The molecule has 2 saturated heterocycles. The molecule has 3 fully saturated rings. The summed E-state index contributed by atoms with van der Waals surface area (Å²) < 4.78 is 5.77. The van der Waals surface area contributed by atoms with Gasteiger partial charge in [0.15, 0.2) is 0 Å². The summed E-state index contributed by atoms with van der Waals surface area (Å²) in [6.45, 7) is 12.2. The highest BCUT2D eigenvalue weighted by atomic mass is 16.6. The normalized spacial score (nSPS) is 30.0. The van der Waals surface area contributed by atoms with Crippen molar-refractivity contribution >= 4 is 35.7 Å². The molecule has 1 aromatic heterocycles. The number of nitrogens with one attached hydrogen (secondary N) is 2. The van der Waals surface area contributed by atoms with Crippen molar-refractivity contribution in [2.24, 2.45) is 15.9 Å². The Bertz CT molecular complexity index is 1170. The average Bonchev–Trinajstić information content (AvgIpc) is 3.61. The average molecular weight is 565 g/mol. The van der Waals surface area contributed by atoms with E-state index >= 15 is 0 Å². The Morgan fingerprint density at radius 3 is 2.59 bits per heavy atom. The van der Waals surface area contributed by atoms with Gasteiger partial charge in [-0.25, -0.2) is 19.8 Å². The molecule has 0 radical (unpaired) electrons. The fourth-order valence-electron chi connectivity index (χ4n) is 5.92. The minimum Gasteiger partial charge on any atom is -0.439 e. The van der Waals surface area contributed by atoms with Crippen molar-refractivity contribution in [1.82, 2.24) is 20.1 Å². The zero-order chi connectivity index (χ0) is 29.6. The summed E-state index contributed by atoms with van der Waals surface area (Å²) in [5.41, 5.74) is 0.902. The quantitative estimate of drug-likeness (QED) is 0.531. The number of hydrogen-bond donors (Lipinski definition) is 2. The molecule has 222 valence electrons. The van der Waals surface area contributed by atoms with E-state index < -0.39 is 5.60 Å². The van der Waals surface area contributed by atoms with Crippen LogP contribution in [-0.4, -0.2) is 90.5 Å². The van der Waals surface area contributed by atoms with Crippen molar-refractivity contribution in [3.8, 4) is 0 Å². The fraction of sp³-hybridized carbons (Fsp3) is 0.567. The van der Waals surface area contributed by atoms with Crippen molar-refractivity contribution < 1.29 is 14.3 Å². The number of carbonyl (C=O) groups excluding carboxylic acids is 2. The number of anilines is 2. The molecule has 2 N–H and O–H groups in total. The third kappa shape index (κ3) is 6.95. The van der Waals surface area contributed by atoms with Crippen LogP contribution >= 0.6 is 0 Å². The molecule has 1 aromatic rings. The lowest BCUT2D eigenvalue weighted by atomic mass is 9.94. The molecule has 1 spiro atoms. The van der Waals surface area contributed by atoms with E-state index in [1.54, 1.807) is 36.3 Å². The van der Waals surface area contributed by atoms with Crippen LogP contribution in [0.25, 0.3) is 0 Å². The second kappa shape index (κ2) is 13.3. The smallest absolute Gasteiger partial charge is 0.415 e. The summed E-state index contributed by atoms with van der Waals surface area (Å²) in [7, 11) is 3.57. The number of guanidine groups is 1. The lowest BCUT2D eigenvalue weighted by Gasteiger charge is -2.36. The fourth-order valence-corrected chi connectivity index (χ4v) is 5.92. The number of ether oxygens (including phenoxy) is 1. The lowest BCUT2D eigenvalue weighted by molar-refractivity contribution is -0.127. The number of pyridine rings is 1. The maximum atomic E-state index is 13.2. The van der Waals surface area contributed by atoms with Crippen molar-refractivity contribution in [3.05, 3.63) is 43.3 Å². The first-order valence-corrected chi connectivity index (χ1v) is 14.5. The Morgan fingerprint density at radius 1 is 1.20 bits per heavy atom. The standard InChI is InChI=1S/C28H40N8O3.C2H4/c1-19-14-23(25(37)34(3)4)36(21-8-5-6-9-21)20(2)32-26(31-15-19)33-24-11-10-22(16-30-24)35-18-28(39-27(35)38)12-7-13-29-17-28;1-2/h10-11,14-16,19-21,29H,5-9,12-13,17-18H2,1-4H3,(H,30,32,33);1-2H2/b23-14-,31-15-;. The van der Waals surface area contributed by atoms with Crippen LogP contribution in [0.4, 0.5) is 16.3 Å². The van der Waals surface area contributed by atoms with Gasteiger partial charge >= 0.3 is 6.09 Å². The summed E-state index contributed by atoms with van der Waals surface area (Å²) in [6.07, 6.45) is 11.0. The summed E-state index contributed by atoms with van der Waals surface area (Å²) in [5, 5.41) is 6.58.